The van der Waals surface area contributed by atoms with E-state index < -0.39 is 88.0 Å². The van der Waals surface area contributed by atoms with E-state index in [0.29, 0.717) is 24.0 Å². The summed E-state index contributed by atoms with van der Waals surface area (Å²) in [4.78, 5) is 90.2. The summed E-state index contributed by atoms with van der Waals surface area (Å²) in [6.07, 6.45) is 0.256. The third-order valence-corrected chi connectivity index (χ3v) is 8.32. The zero-order valence-corrected chi connectivity index (χ0v) is 31.4. The summed E-state index contributed by atoms with van der Waals surface area (Å²) in [6.45, 7) is 0.722. The number of nitrogens with one attached hydrogen (secondary N) is 5. The first-order chi connectivity index (χ1) is 27.6. The van der Waals surface area contributed by atoms with Crippen LogP contribution in [0.15, 0.2) is 77.8 Å². The van der Waals surface area contributed by atoms with E-state index in [-0.39, 0.29) is 37.5 Å². The maximum absolute atomic E-state index is 13.8. The Bertz CT molecular complexity index is 1960. The second kappa shape index (κ2) is 22.3. The molecule has 5 amide bonds. The summed E-state index contributed by atoms with van der Waals surface area (Å²) >= 11 is 0. The Labute approximate surface area is 331 Å². The molecule has 22 heteroatoms. The van der Waals surface area contributed by atoms with E-state index in [4.69, 9.17) is 27.7 Å². The molecule has 22 nitrogen and oxygen atoms in total. The molecule has 3 aromatic rings. The third kappa shape index (κ3) is 14.7. The number of rotatable bonds is 23. The van der Waals surface area contributed by atoms with E-state index in [0.717, 1.165) is 17.7 Å². The molecule has 13 N–H and O–H groups in total. The predicted molar refractivity (Wildman–Crippen MR) is 211 cm³/mol. The molecule has 0 radical (unpaired) electrons. The van der Waals surface area contributed by atoms with Crippen molar-refractivity contribution in [1.29, 1.82) is 0 Å². The number of carbonyl (C=O) groups excluding carboxylic acids is 5. The van der Waals surface area contributed by atoms with Crippen molar-refractivity contribution >= 4 is 52.6 Å². The topological polar surface area (TPSA) is 357 Å². The lowest BCUT2D eigenvalue weighted by atomic mass is 10.0. The molecule has 0 fully saturated rings. The van der Waals surface area contributed by atoms with Crippen molar-refractivity contribution in [2.75, 3.05) is 25.0 Å². The SMILES string of the molecule is C[C@H](NC(=O)[C@H](CNc1ccc([N+](=O)[O-])cc1[N+](=O)[O-])NC(=O)[C@H](Cc1ccc(OCc2ccccc2)cc1)NC(=O)CN)C(=O)N[C@@H](CCCN=C(N)N)C(N)=O. The summed E-state index contributed by atoms with van der Waals surface area (Å²) in [5.74, 6) is -3.87. The Morgan fingerprint density at radius 3 is 2.03 bits per heavy atom. The van der Waals surface area contributed by atoms with E-state index in [1.165, 1.54) is 6.92 Å². The number of nitrogens with two attached hydrogens (primary N) is 4. The molecule has 3 rings (SSSR count). The maximum Gasteiger partial charge on any atom is 0.299 e. The van der Waals surface area contributed by atoms with Crippen molar-refractivity contribution in [3.8, 4) is 5.75 Å². The van der Waals surface area contributed by atoms with Gasteiger partial charge in [0.25, 0.3) is 11.4 Å². The molecule has 0 aliphatic heterocycles. The minimum absolute atomic E-state index is 0.0640. The molecule has 0 aliphatic carbocycles. The quantitative estimate of drug-likeness (QED) is 0.0186. The van der Waals surface area contributed by atoms with E-state index >= 15 is 0 Å². The summed E-state index contributed by atoms with van der Waals surface area (Å²) in [7, 11) is 0. The van der Waals surface area contributed by atoms with Crippen LogP contribution >= 0.6 is 0 Å². The van der Waals surface area contributed by atoms with Gasteiger partial charge in [0.05, 0.1) is 22.5 Å². The number of nitrogens with zero attached hydrogens (tertiary/aromatic N) is 3. The van der Waals surface area contributed by atoms with Crippen LogP contribution < -0.4 is 54.3 Å². The monoisotopic (exact) mass is 806 g/mol. The summed E-state index contributed by atoms with van der Waals surface area (Å²) in [5.41, 5.74) is 21.6. The Hall–Kier alpha value is -7.36. The summed E-state index contributed by atoms with van der Waals surface area (Å²) in [5, 5.41) is 35.6. The Morgan fingerprint density at radius 1 is 0.776 bits per heavy atom. The van der Waals surface area contributed by atoms with Crippen LogP contribution in [0, 0.1) is 20.2 Å². The van der Waals surface area contributed by atoms with E-state index in [1.54, 1.807) is 24.3 Å². The van der Waals surface area contributed by atoms with Crippen LogP contribution in [0.3, 0.4) is 0 Å². The second-order valence-electron chi connectivity index (χ2n) is 12.7. The Kier molecular flexibility index (Phi) is 17.3. The zero-order chi connectivity index (χ0) is 42.8. The van der Waals surface area contributed by atoms with Crippen molar-refractivity contribution in [3.05, 3.63) is 104 Å². The maximum atomic E-state index is 13.8. The van der Waals surface area contributed by atoms with Gasteiger partial charge in [-0.15, -0.1) is 0 Å². The highest BCUT2D eigenvalue weighted by molar-refractivity contribution is 5.95. The standard InChI is InChI=1S/C36H46N12O10/c1-21(33(51)45-27(32(38)50)8-5-15-41-36(39)40)43-35(53)29(19-42-26-14-11-24(47(54)55)17-30(26)48(56)57)46-34(52)28(44-31(49)18-37)16-22-9-12-25(13-10-22)58-20-23-6-3-2-4-7-23/h2-4,6-7,9-14,17,21,27-29,42H,5,8,15-16,18-20,37H2,1H3,(H2,38,50)(H,43,53)(H,44,49)(H,45,51)(H,46,52)(H4,39,40,41)/t21-,27-,28-,29-/m0/s1. The highest BCUT2D eigenvalue weighted by Crippen LogP contribution is 2.29. The molecule has 0 heterocycles. The number of carbonyl (C=O) groups is 5. The van der Waals surface area contributed by atoms with Crippen LogP contribution in [-0.2, 0) is 37.0 Å². The van der Waals surface area contributed by atoms with Crippen LogP contribution in [0.4, 0.5) is 17.1 Å². The number of aliphatic imine (C=N–C) groups is 1. The number of nitro groups is 2. The number of nitro benzene ring substituents is 2. The van der Waals surface area contributed by atoms with Gasteiger partial charge in [-0.1, -0.05) is 42.5 Å². The molecular weight excluding hydrogens is 760 g/mol. The molecule has 3 aromatic carbocycles. The van der Waals surface area contributed by atoms with Gasteiger partial charge >= 0.3 is 0 Å². The molecule has 0 unspecified atom stereocenters. The van der Waals surface area contributed by atoms with Crippen LogP contribution in [0.2, 0.25) is 0 Å². The fourth-order valence-electron chi connectivity index (χ4n) is 5.25. The molecule has 0 spiro atoms. The lowest BCUT2D eigenvalue weighted by Crippen LogP contribution is -2.59. The molecule has 0 saturated heterocycles. The minimum Gasteiger partial charge on any atom is -0.489 e. The normalized spacial score (nSPS) is 12.7. The Morgan fingerprint density at radius 2 is 1.43 bits per heavy atom. The number of hydrogen-bond donors (Lipinski definition) is 9. The van der Waals surface area contributed by atoms with E-state index in [2.05, 4.69) is 31.6 Å². The van der Waals surface area contributed by atoms with Gasteiger partial charge in [-0.2, -0.15) is 0 Å². The molecule has 0 aromatic heterocycles. The molecule has 310 valence electrons. The highest BCUT2D eigenvalue weighted by Gasteiger charge is 2.30. The lowest BCUT2D eigenvalue weighted by molar-refractivity contribution is -0.393. The first-order valence-corrected chi connectivity index (χ1v) is 17.8. The summed E-state index contributed by atoms with van der Waals surface area (Å²) < 4.78 is 5.82. The lowest BCUT2D eigenvalue weighted by Gasteiger charge is -2.25. The average molecular weight is 807 g/mol. The molecule has 4 atom stereocenters. The van der Waals surface area contributed by atoms with Gasteiger partial charge in [0.15, 0.2) is 5.96 Å². The third-order valence-electron chi connectivity index (χ3n) is 8.32. The molecule has 58 heavy (non-hydrogen) atoms. The Balaban J connectivity index is 1.83. The van der Waals surface area contributed by atoms with E-state index in [1.807, 2.05) is 30.3 Å². The van der Waals surface area contributed by atoms with Crippen molar-refractivity contribution in [1.82, 2.24) is 21.3 Å². The van der Waals surface area contributed by atoms with Crippen LogP contribution in [0.1, 0.15) is 30.9 Å². The molecule has 0 bridgehead atoms. The van der Waals surface area contributed by atoms with Crippen molar-refractivity contribution in [2.24, 2.45) is 27.9 Å². The number of ether oxygens (including phenoxy) is 1. The molecular formula is C36H46N12O10. The second-order valence-corrected chi connectivity index (χ2v) is 12.7. The number of anilines is 1. The van der Waals surface area contributed by atoms with Gasteiger partial charge in [-0.05, 0) is 49.1 Å². The van der Waals surface area contributed by atoms with Gasteiger partial charge in [0.1, 0.15) is 42.2 Å². The number of non-ortho nitro benzene ring substituents is 1. The van der Waals surface area contributed by atoms with Crippen LogP contribution in [0.25, 0.3) is 0 Å². The van der Waals surface area contributed by atoms with Gasteiger partial charge in [0, 0.05) is 25.6 Å². The van der Waals surface area contributed by atoms with Crippen LogP contribution in [-0.4, -0.2) is 89.1 Å². The fourth-order valence-corrected chi connectivity index (χ4v) is 5.25. The molecule has 0 aliphatic rings. The number of amides is 5. The van der Waals surface area contributed by atoms with Crippen molar-refractivity contribution < 1.29 is 38.6 Å². The van der Waals surface area contributed by atoms with Gasteiger partial charge in [0.2, 0.25) is 29.5 Å². The minimum atomic E-state index is -1.59. The van der Waals surface area contributed by atoms with Gasteiger partial charge in [-0.25, -0.2) is 0 Å². The van der Waals surface area contributed by atoms with Crippen molar-refractivity contribution in [3.63, 3.8) is 0 Å². The van der Waals surface area contributed by atoms with E-state index in [9.17, 15) is 44.2 Å². The zero-order valence-electron chi connectivity index (χ0n) is 31.4. The largest absolute Gasteiger partial charge is 0.489 e. The molecule has 0 saturated carbocycles. The summed E-state index contributed by atoms with van der Waals surface area (Å²) in [6, 6.07) is 13.6. The number of benzene rings is 3. The number of hydrogen-bond acceptors (Lipinski definition) is 13. The highest BCUT2D eigenvalue weighted by atomic mass is 16.6. The average Bonchev–Trinajstić information content (AvgIpc) is 3.19. The van der Waals surface area contributed by atoms with Crippen molar-refractivity contribution in [2.45, 2.75) is 57.0 Å². The van der Waals surface area contributed by atoms with Crippen LogP contribution in [0.5, 0.6) is 5.75 Å². The smallest absolute Gasteiger partial charge is 0.299 e. The van der Waals surface area contributed by atoms with Gasteiger partial charge in [-0.3, -0.25) is 49.2 Å². The number of primary amides is 1. The van der Waals surface area contributed by atoms with Gasteiger partial charge < -0.3 is 54.3 Å². The first-order valence-electron chi connectivity index (χ1n) is 17.8. The fraction of sp³-hybridized carbons (Fsp3) is 0.333. The predicted octanol–water partition coefficient (Wildman–Crippen LogP) is -0.807. The first kappa shape index (κ1) is 45.0. The number of guanidine groups is 1.